The largest absolute Gasteiger partial charge is 0.458 e. The van der Waals surface area contributed by atoms with Gasteiger partial charge >= 0.3 is 0 Å². The molecule has 0 radical (unpaired) electrons. The molecule has 13 rings (SSSR count). The van der Waals surface area contributed by atoms with Crippen LogP contribution in [0.4, 0.5) is 0 Å². The Bertz CT molecular complexity index is 3040. The van der Waals surface area contributed by atoms with Crippen molar-refractivity contribution in [1.29, 1.82) is 0 Å². The quantitative estimate of drug-likeness (QED) is 0.155. The topological polar surface area (TPSA) is 36.9 Å². The maximum atomic E-state index is 6.72. The van der Waals surface area contributed by atoms with Gasteiger partial charge in [-0.25, -0.2) is 0 Å². The molecule has 4 heterocycles. The van der Waals surface area contributed by atoms with Gasteiger partial charge in [0.1, 0.15) is 46.0 Å². The molecule has 0 saturated heterocycles. The molecule has 4 nitrogen and oxygen atoms in total. The Morgan fingerprint density at radius 1 is 0.306 bits per heavy atom. The number of ether oxygens (including phenoxy) is 4. The SMILES string of the molecule is c1ccc(-c2ccc(Oc3cc4c5c(c3)Sc3cc6c(cc3B5c3ccccc3O4)B3c4ccccc4Oc4cc(Oc5ccc(-c7ccccc7)cc5)cc(c43)S6)cc2)cc1. The van der Waals surface area contributed by atoms with Gasteiger partial charge in [-0.05, 0) is 98.7 Å². The molecule has 0 saturated carbocycles. The summed E-state index contributed by atoms with van der Waals surface area (Å²) in [6.45, 7) is -0.00794. The molecule has 0 atom stereocenters. The van der Waals surface area contributed by atoms with Crippen LogP contribution in [0, 0.1) is 0 Å². The summed E-state index contributed by atoms with van der Waals surface area (Å²) in [4.78, 5) is 4.74. The van der Waals surface area contributed by atoms with Crippen LogP contribution in [-0.4, -0.2) is 13.4 Å². The van der Waals surface area contributed by atoms with Gasteiger partial charge in [0.15, 0.2) is 0 Å². The third-order valence-electron chi connectivity index (χ3n) is 12.2. The van der Waals surface area contributed by atoms with Gasteiger partial charge in [-0.1, -0.05) is 162 Å². The Labute approximate surface area is 368 Å². The molecule has 62 heavy (non-hydrogen) atoms. The fraction of sp³-hybridized carbons (Fsp3) is 0. The summed E-state index contributed by atoms with van der Waals surface area (Å²) in [6.07, 6.45) is 0. The van der Waals surface area contributed by atoms with Crippen molar-refractivity contribution in [3.63, 3.8) is 0 Å². The van der Waals surface area contributed by atoms with Crippen LogP contribution in [0.25, 0.3) is 22.3 Å². The molecule has 290 valence electrons. The van der Waals surface area contributed by atoms with E-state index in [1.54, 1.807) is 23.5 Å². The lowest BCUT2D eigenvalue weighted by atomic mass is 9.32. The van der Waals surface area contributed by atoms with Gasteiger partial charge in [-0.3, -0.25) is 0 Å². The molecule has 0 unspecified atom stereocenters. The second kappa shape index (κ2) is 14.3. The van der Waals surface area contributed by atoms with Crippen LogP contribution < -0.4 is 51.7 Å². The predicted octanol–water partition coefficient (Wildman–Crippen LogP) is 10.8. The van der Waals surface area contributed by atoms with E-state index in [1.807, 2.05) is 36.4 Å². The molecule has 4 aliphatic rings. The van der Waals surface area contributed by atoms with Crippen LogP contribution in [0.2, 0.25) is 0 Å². The summed E-state index contributed by atoms with van der Waals surface area (Å²) in [7, 11) is 0. The maximum Gasteiger partial charge on any atom is 0.253 e. The summed E-state index contributed by atoms with van der Waals surface area (Å²) < 4.78 is 26.6. The minimum atomic E-state index is -0.00397. The molecule has 0 amide bonds. The number of para-hydroxylation sites is 2. The fourth-order valence-electron chi connectivity index (χ4n) is 9.42. The van der Waals surface area contributed by atoms with E-state index in [-0.39, 0.29) is 13.4 Å². The molecule has 0 fully saturated rings. The Kier molecular flexibility index (Phi) is 8.24. The Morgan fingerprint density at radius 3 is 1.16 bits per heavy atom. The van der Waals surface area contributed by atoms with Gasteiger partial charge in [-0.15, -0.1) is 0 Å². The Hall–Kier alpha value is -6.99. The van der Waals surface area contributed by atoms with Crippen LogP contribution in [0.3, 0.4) is 0 Å². The molecular weight excluding hydrogens is 798 g/mol. The highest BCUT2D eigenvalue weighted by Gasteiger charge is 2.44. The molecule has 0 N–H and O–H groups in total. The van der Waals surface area contributed by atoms with Crippen molar-refractivity contribution in [3.8, 4) is 68.2 Å². The highest BCUT2D eigenvalue weighted by molar-refractivity contribution is 8.01. The highest BCUT2D eigenvalue weighted by atomic mass is 32.2. The van der Waals surface area contributed by atoms with E-state index in [2.05, 4.69) is 158 Å². The van der Waals surface area contributed by atoms with Crippen molar-refractivity contribution < 1.29 is 18.9 Å². The van der Waals surface area contributed by atoms with Crippen molar-refractivity contribution in [1.82, 2.24) is 0 Å². The van der Waals surface area contributed by atoms with Gasteiger partial charge in [0, 0.05) is 31.7 Å². The lowest BCUT2D eigenvalue weighted by Gasteiger charge is -2.36. The molecule has 0 aromatic heterocycles. The lowest BCUT2D eigenvalue weighted by molar-refractivity contribution is 0.460. The minimum Gasteiger partial charge on any atom is -0.458 e. The number of hydrogen-bond donors (Lipinski definition) is 0. The molecule has 9 aromatic carbocycles. The number of benzene rings is 9. The smallest absolute Gasteiger partial charge is 0.253 e. The molecule has 4 aliphatic heterocycles. The van der Waals surface area contributed by atoms with Crippen LogP contribution in [0.15, 0.2) is 214 Å². The minimum absolute atomic E-state index is 0.00397. The van der Waals surface area contributed by atoms with E-state index in [0.717, 1.165) is 66.9 Å². The van der Waals surface area contributed by atoms with Gasteiger partial charge in [0.2, 0.25) is 0 Å². The summed E-state index contributed by atoms with van der Waals surface area (Å²) in [5.41, 5.74) is 11.9. The van der Waals surface area contributed by atoms with Crippen LogP contribution in [-0.2, 0) is 0 Å². The van der Waals surface area contributed by atoms with Crippen LogP contribution in [0.5, 0.6) is 46.0 Å². The van der Waals surface area contributed by atoms with Crippen molar-refractivity contribution in [2.24, 2.45) is 0 Å². The first kappa shape index (κ1) is 35.7. The van der Waals surface area contributed by atoms with Gasteiger partial charge in [0.25, 0.3) is 13.4 Å². The number of fused-ring (bicyclic) bond motifs is 8. The Balaban J connectivity index is 0.889. The molecular formula is C54H32B2O4S2. The summed E-state index contributed by atoms with van der Waals surface area (Å²) in [6, 6.07) is 67.7. The van der Waals surface area contributed by atoms with E-state index >= 15 is 0 Å². The van der Waals surface area contributed by atoms with Crippen molar-refractivity contribution in [3.05, 3.63) is 194 Å². The zero-order valence-corrected chi connectivity index (χ0v) is 34.7. The first-order valence-electron chi connectivity index (χ1n) is 20.8. The maximum absolute atomic E-state index is 6.72. The van der Waals surface area contributed by atoms with Gasteiger partial charge in [0.05, 0.1) is 0 Å². The molecule has 0 spiro atoms. The van der Waals surface area contributed by atoms with E-state index in [4.69, 9.17) is 18.9 Å². The molecule has 9 aromatic rings. The molecule has 0 bridgehead atoms. The number of hydrogen-bond acceptors (Lipinski definition) is 6. The lowest BCUT2D eigenvalue weighted by Crippen LogP contribution is -2.62. The summed E-state index contributed by atoms with van der Waals surface area (Å²) in [5.74, 6) is 6.45. The first-order chi connectivity index (χ1) is 30.7. The van der Waals surface area contributed by atoms with E-state index in [0.29, 0.717) is 0 Å². The van der Waals surface area contributed by atoms with E-state index in [1.165, 1.54) is 53.7 Å². The van der Waals surface area contributed by atoms with Gasteiger partial charge < -0.3 is 18.9 Å². The monoisotopic (exact) mass is 830 g/mol. The third kappa shape index (κ3) is 5.97. The predicted molar refractivity (Wildman–Crippen MR) is 254 cm³/mol. The zero-order chi connectivity index (χ0) is 40.7. The highest BCUT2D eigenvalue weighted by Crippen LogP contribution is 2.45. The van der Waals surface area contributed by atoms with Crippen LogP contribution in [0.1, 0.15) is 0 Å². The van der Waals surface area contributed by atoms with Crippen LogP contribution >= 0.6 is 23.5 Å². The van der Waals surface area contributed by atoms with E-state index < -0.39 is 0 Å². The normalized spacial score (nSPS) is 13.2. The first-order valence-corrected chi connectivity index (χ1v) is 22.4. The average molecular weight is 831 g/mol. The van der Waals surface area contributed by atoms with Gasteiger partial charge in [-0.2, -0.15) is 0 Å². The summed E-state index contributed by atoms with van der Waals surface area (Å²) in [5, 5.41) is 0. The second-order valence-electron chi connectivity index (χ2n) is 15.9. The van der Waals surface area contributed by atoms with Crippen molar-refractivity contribution in [2.75, 3.05) is 0 Å². The summed E-state index contributed by atoms with van der Waals surface area (Å²) >= 11 is 3.59. The standard InChI is InChI=1S/C54H32B2O4S2/c1-3-11-33(12-4-1)35-19-23-37(24-20-35)57-39-27-47-53-51(29-39)61-49-32-50-44(31-43(49)55(53)41-15-7-9-17-45(41)59-47)56-42-16-8-10-18-46(42)60-48-28-40(30-52(62-50)54(48)56)58-38-25-21-36(22-26-38)34-13-5-2-6-14-34/h1-32H. The zero-order valence-electron chi connectivity index (χ0n) is 33.1. The van der Waals surface area contributed by atoms with Crippen molar-refractivity contribution >= 4 is 69.7 Å². The fourth-order valence-corrected chi connectivity index (χ4v) is 11.9. The second-order valence-corrected chi connectivity index (χ2v) is 18.1. The number of rotatable bonds is 6. The van der Waals surface area contributed by atoms with Crippen molar-refractivity contribution in [2.45, 2.75) is 19.6 Å². The Morgan fingerprint density at radius 2 is 0.710 bits per heavy atom. The van der Waals surface area contributed by atoms with E-state index in [9.17, 15) is 0 Å². The molecule has 8 heteroatoms. The third-order valence-corrected chi connectivity index (χ3v) is 14.5. The molecule has 0 aliphatic carbocycles. The average Bonchev–Trinajstić information content (AvgIpc) is 3.31.